The van der Waals surface area contributed by atoms with Crippen LogP contribution in [0.1, 0.15) is 0 Å². The summed E-state index contributed by atoms with van der Waals surface area (Å²) in [5.74, 6) is 0. The van der Waals surface area contributed by atoms with Gasteiger partial charge in [0.1, 0.15) is 24.4 Å². The molecule has 21 heteroatoms. The predicted octanol–water partition coefficient (Wildman–Crippen LogP) is -14.2. The van der Waals surface area contributed by atoms with Crippen molar-refractivity contribution in [2.75, 3.05) is 6.61 Å². The van der Waals surface area contributed by atoms with E-state index in [2.05, 4.69) is 13.1 Å². The van der Waals surface area contributed by atoms with Crippen LogP contribution in [-0.4, -0.2) is 86.4 Å². The fourth-order valence-corrected chi connectivity index (χ4v) is 3.15. The smallest absolute Gasteiger partial charge is 0.735 e. The van der Waals surface area contributed by atoms with E-state index >= 15 is 0 Å². The second-order valence-corrected chi connectivity index (χ2v) is 7.52. The molecule has 0 saturated carbocycles. The summed E-state index contributed by atoms with van der Waals surface area (Å²) in [6, 6.07) is -2.24. The molecule has 0 bridgehead atoms. The number of nitrogens with one attached hydrogen (secondary N) is 1. The average molecular weight is 485 g/mol. The Morgan fingerprint density at radius 2 is 1.41 bits per heavy atom. The van der Waals surface area contributed by atoms with Crippen LogP contribution in [0.25, 0.3) is 0 Å². The molecule has 1 heterocycles. The van der Waals surface area contributed by atoms with E-state index in [1.807, 2.05) is 0 Å². The molecule has 0 aromatic rings. The molecule has 3 N–H and O–H groups in total. The van der Waals surface area contributed by atoms with Crippen molar-refractivity contribution in [3.8, 4) is 0 Å². The monoisotopic (exact) mass is 485 g/mol. The van der Waals surface area contributed by atoms with Crippen molar-refractivity contribution in [3.63, 3.8) is 0 Å². The minimum atomic E-state index is -5.57. The maximum Gasteiger partial charge on any atom is 1.00 e. The molecule has 0 aromatic carbocycles. The van der Waals surface area contributed by atoms with Crippen LogP contribution in [0.3, 0.4) is 0 Å². The van der Waals surface area contributed by atoms with E-state index in [0.717, 1.165) is 4.72 Å². The Hall–Kier alpha value is 2.49. The number of aliphatic hydroxyl groups is 2. The Morgan fingerprint density at radius 1 is 0.926 bits per heavy atom. The number of hydrogen-bond donors (Lipinski definition) is 3. The second-order valence-electron chi connectivity index (χ2n) is 4.32. The first kappa shape index (κ1) is 34.1. The molecule has 0 radical (unpaired) electrons. The van der Waals surface area contributed by atoms with Gasteiger partial charge in [0.2, 0.25) is 20.8 Å². The van der Waals surface area contributed by atoms with Crippen molar-refractivity contribution in [1.82, 2.24) is 4.72 Å². The van der Waals surface area contributed by atoms with Gasteiger partial charge in [0, 0.05) is 0 Å². The van der Waals surface area contributed by atoms with Crippen LogP contribution < -0.4 is 93.4 Å². The molecule has 0 aromatic heterocycles. The van der Waals surface area contributed by atoms with E-state index < -0.39 is 68.4 Å². The fraction of sp³-hybridized carbons (Fsp3) is 1.00. The molecule has 144 valence electrons. The molecule has 1 unspecified atom stereocenters. The Labute approximate surface area is 221 Å². The summed E-state index contributed by atoms with van der Waals surface area (Å²) in [5.41, 5.74) is 0. The largest absolute Gasteiger partial charge is 1.00 e. The first-order valence-electron chi connectivity index (χ1n) is 5.58. The van der Waals surface area contributed by atoms with Crippen LogP contribution in [-0.2, 0) is 44.2 Å². The Kier molecular flexibility index (Phi) is 16.6. The molecule has 0 spiro atoms. The van der Waals surface area contributed by atoms with Crippen LogP contribution in [0.15, 0.2) is 0 Å². The number of rotatable bonds is 7. The molecule has 0 amide bonds. The molecule has 1 aliphatic rings. The van der Waals surface area contributed by atoms with Crippen LogP contribution in [0.4, 0.5) is 0 Å². The Morgan fingerprint density at radius 3 is 1.78 bits per heavy atom. The third-order valence-electron chi connectivity index (χ3n) is 2.58. The summed E-state index contributed by atoms with van der Waals surface area (Å²) in [4.78, 5) is 0. The van der Waals surface area contributed by atoms with E-state index in [9.17, 15) is 49.1 Å². The van der Waals surface area contributed by atoms with Crippen LogP contribution in [0.5, 0.6) is 0 Å². The maximum atomic E-state index is 10.7. The second kappa shape index (κ2) is 13.1. The molecule has 1 rings (SSSR count). The molecule has 1 fully saturated rings. The van der Waals surface area contributed by atoms with E-state index in [0.29, 0.717) is 0 Å². The third-order valence-corrected chi connectivity index (χ3v) is 4.02. The van der Waals surface area contributed by atoms with E-state index in [1.54, 1.807) is 0 Å². The molecule has 1 saturated heterocycles. The van der Waals surface area contributed by atoms with Gasteiger partial charge in [-0.3, -0.25) is 8.37 Å². The minimum Gasteiger partial charge on any atom is -0.735 e. The molecule has 1 aliphatic heterocycles. The van der Waals surface area contributed by atoms with Crippen molar-refractivity contribution in [2.45, 2.75) is 30.6 Å². The Bertz CT molecular complexity index is 755. The van der Waals surface area contributed by atoms with Gasteiger partial charge >= 0.3 is 88.7 Å². The van der Waals surface area contributed by atoms with E-state index in [4.69, 9.17) is 0 Å². The first-order chi connectivity index (χ1) is 10.6. The van der Waals surface area contributed by atoms with E-state index in [-0.39, 0.29) is 88.7 Å². The summed E-state index contributed by atoms with van der Waals surface area (Å²) in [6.45, 7) is -1.24. The topological polar surface area (TPSA) is 252 Å². The van der Waals surface area contributed by atoms with Gasteiger partial charge in [-0.25, -0.2) is 30.0 Å². The fourth-order valence-electron chi connectivity index (χ4n) is 1.76. The van der Waals surface area contributed by atoms with Crippen LogP contribution >= 0.6 is 0 Å². The van der Waals surface area contributed by atoms with Crippen molar-refractivity contribution in [2.24, 2.45) is 0 Å². The predicted molar refractivity (Wildman–Crippen MR) is 63.7 cm³/mol. The van der Waals surface area contributed by atoms with Crippen molar-refractivity contribution >= 4 is 31.1 Å². The molecule has 27 heavy (non-hydrogen) atoms. The third kappa shape index (κ3) is 13.5. The zero-order valence-electron chi connectivity index (χ0n) is 14.1. The van der Waals surface area contributed by atoms with Gasteiger partial charge in [-0.05, 0) is 0 Å². The molecule has 5 atom stereocenters. The van der Waals surface area contributed by atoms with Crippen LogP contribution in [0, 0.1) is 0 Å². The molecule has 15 nitrogen and oxygen atoms in total. The van der Waals surface area contributed by atoms with Gasteiger partial charge in [0.25, 0.3) is 0 Å². The maximum absolute atomic E-state index is 10.7. The molecule has 0 aliphatic carbocycles. The summed E-state index contributed by atoms with van der Waals surface area (Å²) in [6.07, 6.45) is -8.98. The number of ether oxygens (including phenoxy) is 1. The molecular weight excluding hydrogens is 475 g/mol. The first-order valence-corrected chi connectivity index (χ1v) is 9.65. The molecular formula is C6H10NNa3O14S3. The summed E-state index contributed by atoms with van der Waals surface area (Å²) in [5, 5.41) is 19.4. The van der Waals surface area contributed by atoms with Gasteiger partial charge in [0.05, 0.1) is 6.61 Å². The standard InChI is InChI=1S/C6H13NO14S3.3Na/c8-4-2(1-19-23(13,14)15)20-6(9)3(7-22(10,11)12)5(4)21-24(16,17)18;;;/h2-9H,1H2,(H,10,11,12)(H,13,14,15)(H,16,17,18);;;/q;3*+1/p-3/t2-,3-,4-,5-,6?;;;/m1.../s1. The van der Waals surface area contributed by atoms with Gasteiger partial charge < -0.3 is 28.6 Å². The number of hydrogen-bond acceptors (Lipinski definition) is 14. The Balaban J connectivity index is -0.00000192. The summed E-state index contributed by atoms with van der Waals surface area (Å²) < 4.78 is 108. The minimum absolute atomic E-state index is 0. The van der Waals surface area contributed by atoms with Gasteiger partial charge in [-0.2, -0.15) is 0 Å². The van der Waals surface area contributed by atoms with Crippen molar-refractivity contribution < 1.29 is 151 Å². The zero-order chi connectivity index (χ0) is 18.9. The SMILES string of the molecule is O=S(=O)([O-])N[C@H]1C(O)O[C@H](COS(=O)(=O)[O-])[C@@H](O)[C@@H]1OS(=O)(=O)[O-].[Na+].[Na+].[Na+]. The normalized spacial score (nSPS) is 29.0. The average Bonchev–Trinajstić information content (AvgIpc) is 2.32. The van der Waals surface area contributed by atoms with Gasteiger partial charge in [-0.15, -0.1) is 0 Å². The zero-order valence-corrected chi connectivity index (χ0v) is 22.6. The summed E-state index contributed by atoms with van der Waals surface area (Å²) >= 11 is 0. The van der Waals surface area contributed by atoms with E-state index in [1.165, 1.54) is 0 Å². The van der Waals surface area contributed by atoms with Crippen molar-refractivity contribution in [1.29, 1.82) is 0 Å². The number of aliphatic hydroxyl groups excluding tert-OH is 2. The van der Waals surface area contributed by atoms with Gasteiger partial charge in [-0.1, -0.05) is 0 Å². The summed E-state index contributed by atoms with van der Waals surface area (Å²) in [7, 11) is -16.2. The van der Waals surface area contributed by atoms with Crippen molar-refractivity contribution in [3.05, 3.63) is 0 Å². The van der Waals surface area contributed by atoms with Gasteiger partial charge in [0.15, 0.2) is 16.6 Å². The quantitative estimate of drug-likeness (QED) is 0.172. The van der Waals surface area contributed by atoms with Crippen LogP contribution in [0.2, 0.25) is 0 Å².